The predicted molar refractivity (Wildman–Crippen MR) is 94.3 cm³/mol. The first kappa shape index (κ1) is 16.0. The van der Waals surface area contributed by atoms with Gasteiger partial charge in [0, 0.05) is 30.5 Å². The quantitative estimate of drug-likeness (QED) is 0.618. The van der Waals surface area contributed by atoms with Crippen LogP contribution in [0.4, 0.5) is 0 Å². The molecule has 0 unspecified atom stereocenters. The van der Waals surface area contributed by atoms with E-state index in [4.69, 9.17) is 0 Å². The Balaban J connectivity index is 1.57. The SMILES string of the molecule is CN=C(NCc1ncnn1C)NCC1(c2cccc(Br)c2)CC1. The minimum Gasteiger partial charge on any atom is -0.356 e. The first-order valence-corrected chi connectivity index (χ1v) is 8.46. The summed E-state index contributed by atoms with van der Waals surface area (Å²) < 4.78 is 2.88. The van der Waals surface area contributed by atoms with E-state index in [9.17, 15) is 0 Å². The number of rotatable bonds is 5. The van der Waals surface area contributed by atoms with Gasteiger partial charge in [-0.25, -0.2) is 4.98 Å². The third-order valence-corrected chi connectivity index (χ3v) is 4.82. The maximum Gasteiger partial charge on any atom is 0.191 e. The summed E-state index contributed by atoms with van der Waals surface area (Å²) in [5, 5.41) is 10.8. The molecule has 0 amide bonds. The van der Waals surface area contributed by atoms with Gasteiger partial charge in [-0.1, -0.05) is 28.1 Å². The van der Waals surface area contributed by atoms with Gasteiger partial charge in [0.05, 0.1) is 6.54 Å². The van der Waals surface area contributed by atoms with Gasteiger partial charge in [0.15, 0.2) is 5.96 Å². The van der Waals surface area contributed by atoms with Crippen molar-refractivity contribution in [3.8, 4) is 0 Å². The molecule has 0 atom stereocenters. The first-order valence-electron chi connectivity index (χ1n) is 7.66. The summed E-state index contributed by atoms with van der Waals surface area (Å²) >= 11 is 3.56. The van der Waals surface area contributed by atoms with Crippen molar-refractivity contribution in [1.82, 2.24) is 25.4 Å². The third kappa shape index (κ3) is 3.72. The Morgan fingerprint density at radius 3 is 2.83 bits per heavy atom. The molecule has 3 rings (SSSR count). The van der Waals surface area contributed by atoms with E-state index in [0.717, 1.165) is 22.8 Å². The summed E-state index contributed by atoms with van der Waals surface area (Å²) in [6.07, 6.45) is 3.97. The first-order chi connectivity index (χ1) is 11.1. The highest BCUT2D eigenvalue weighted by Crippen LogP contribution is 2.48. The Bertz CT molecular complexity index is 704. The number of aryl methyl sites for hydroxylation is 1. The maximum atomic E-state index is 4.29. The molecule has 0 aliphatic heterocycles. The standard InChI is InChI=1S/C16H21BrN6/c1-18-15(19-9-14-21-11-22-23(14)2)20-10-16(6-7-16)12-4-3-5-13(17)8-12/h3-5,8,11H,6-7,9-10H2,1-2H3,(H2,18,19,20). The molecule has 1 fully saturated rings. The summed E-state index contributed by atoms with van der Waals surface area (Å²) in [4.78, 5) is 8.49. The van der Waals surface area contributed by atoms with Crippen molar-refractivity contribution >= 4 is 21.9 Å². The molecule has 6 nitrogen and oxygen atoms in total. The van der Waals surface area contributed by atoms with Crippen LogP contribution in [0.2, 0.25) is 0 Å². The van der Waals surface area contributed by atoms with Crippen LogP contribution in [0, 0.1) is 0 Å². The molecule has 7 heteroatoms. The molecule has 122 valence electrons. The predicted octanol–water partition coefficient (Wildman–Crippen LogP) is 1.97. The normalized spacial score (nSPS) is 16.2. The number of nitrogens with zero attached hydrogens (tertiary/aromatic N) is 4. The fourth-order valence-electron chi connectivity index (χ4n) is 2.65. The smallest absolute Gasteiger partial charge is 0.191 e. The number of benzene rings is 1. The van der Waals surface area contributed by atoms with Crippen LogP contribution in [0.15, 0.2) is 40.1 Å². The Hall–Kier alpha value is -1.89. The average molecular weight is 377 g/mol. The molecule has 0 radical (unpaired) electrons. The van der Waals surface area contributed by atoms with Crippen molar-refractivity contribution < 1.29 is 0 Å². The summed E-state index contributed by atoms with van der Waals surface area (Å²) in [6, 6.07) is 8.58. The van der Waals surface area contributed by atoms with Crippen LogP contribution in [0.5, 0.6) is 0 Å². The van der Waals surface area contributed by atoms with E-state index in [2.05, 4.69) is 65.9 Å². The molecule has 0 bridgehead atoms. The van der Waals surface area contributed by atoms with Gasteiger partial charge in [-0.05, 0) is 30.5 Å². The van der Waals surface area contributed by atoms with Crippen LogP contribution in [-0.2, 0) is 19.0 Å². The Morgan fingerprint density at radius 2 is 2.22 bits per heavy atom. The van der Waals surface area contributed by atoms with E-state index in [-0.39, 0.29) is 5.41 Å². The summed E-state index contributed by atoms with van der Waals surface area (Å²) in [7, 11) is 3.66. The van der Waals surface area contributed by atoms with E-state index < -0.39 is 0 Å². The minimum atomic E-state index is 0.228. The number of nitrogens with one attached hydrogen (secondary N) is 2. The molecule has 1 saturated carbocycles. The highest BCUT2D eigenvalue weighted by atomic mass is 79.9. The van der Waals surface area contributed by atoms with Gasteiger partial charge in [0.25, 0.3) is 0 Å². The lowest BCUT2D eigenvalue weighted by atomic mass is 9.96. The Kier molecular flexibility index (Phi) is 4.66. The highest BCUT2D eigenvalue weighted by molar-refractivity contribution is 9.10. The van der Waals surface area contributed by atoms with Gasteiger partial charge < -0.3 is 10.6 Å². The van der Waals surface area contributed by atoms with Gasteiger partial charge in [0.1, 0.15) is 12.2 Å². The van der Waals surface area contributed by atoms with Gasteiger partial charge in [0.2, 0.25) is 0 Å². The van der Waals surface area contributed by atoms with E-state index in [1.807, 2.05) is 7.05 Å². The Labute approximate surface area is 144 Å². The minimum absolute atomic E-state index is 0.228. The van der Waals surface area contributed by atoms with Gasteiger partial charge in [-0.2, -0.15) is 5.10 Å². The van der Waals surface area contributed by atoms with Crippen molar-refractivity contribution in [2.24, 2.45) is 12.0 Å². The number of guanidine groups is 1. The highest BCUT2D eigenvalue weighted by Gasteiger charge is 2.44. The molecule has 1 aromatic heterocycles. The lowest BCUT2D eigenvalue weighted by Crippen LogP contribution is -2.41. The van der Waals surface area contributed by atoms with Crippen LogP contribution in [-0.4, -0.2) is 34.3 Å². The zero-order chi connectivity index (χ0) is 16.3. The number of aliphatic imine (C=N–C) groups is 1. The molecule has 1 heterocycles. The zero-order valence-electron chi connectivity index (χ0n) is 13.4. The number of aromatic nitrogens is 3. The van der Waals surface area contributed by atoms with Crippen LogP contribution < -0.4 is 10.6 Å². The zero-order valence-corrected chi connectivity index (χ0v) is 15.0. The topological polar surface area (TPSA) is 67.1 Å². The monoisotopic (exact) mass is 376 g/mol. The molecule has 1 aliphatic carbocycles. The van der Waals surface area contributed by atoms with Crippen LogP contribution in [0.25, 0.3) is 0 Å². The second kappa shape index (κ2) is 6.70. The molecular formula is C16H21BrN6. The summed E-state index contributed by atoms with van der Waals surface area (Å²) in [6.45, 7) is 1.47. The number of hydrogen-bond acceptors (Lipinski definition) is 3. The second-order valence-corrected chi connectivity index (χ2v) is 6.79. The van der Waals surface area contributed by atoms with Crippen LogP contribution >= 0.6 is 15.9 Å². The van der Waals surface area contributed by atoms with Crippen molar-refractivity contribution in [2.75, 3.05) is 13.6 Å². The fourth-order valence-corrected chi connectivity index (χ4v) is 3.05. The number of halogens is 1. The third-order valence-electron chi connectivity index (χ3n) is 4.33. The molecule has 23 heavy (non-hydrogen) atoms. The van der Waals surface area contributed by atoms with Crippen LogP contribution in [0.3, 0.4) is 0 Å². The van der Waals surface area contributed by atoms with Gasteiger partial charge in [-0.3, -0.25) is 9.67 Å². The Morgan fingerprint density at radius 1 is 1.39 bits per heavy atom. The van der Waals surface area contributed by atoms with E-state index in [1.54, 1.807) is 18.1 Å². The van der Waals surface area contributed by atoms with E-state index >= 15 is 0 Å². The van der Waals surface area contributed by atoms with E-state index in [0.29, 0.717) is 6.54 Å². The molecule has 2 N–H and O–H groups in total. The van der Waals surface area contributed by atoms with Crippen molar-refractivity contribution in [2.45, 2.75) is 24.8 Å². The van der Waals surface area contributed by atoms with Crippen molar-refractivity contribution in [3.63, 3.8) is 0 Å². The van der Waals surface area contributed by atoms with E-state index in [1.165, 1.54) is 18.4 Å². The molecule has 1 aromatic carbocycles. The molecule has 1 aliphatic rings. The van der Waals surface area contributed by atoms with Gasteiger partial charge >= 0.3 is 0 Å². The lowest BCUT2D eigenvalue weighted by molar-refractivity contribution is 0.634. The average Bonchev–Trinajstić information content (AvgIpc) is 3.24. The molecule has 0 saturated heterocycles. The summed E-state index contributed by atoms with van der Waals surface area (Å²) in [5.74, 6) is 1.66. The lowest BCUT2D eigenvalue weighted by Gasteiger charge is -2.19. The maximum absolute atomic E-state index is 4.29. The van der Waals surface area contributed by atoms with Crippen molar-refractivity contribution in [3.05, 3.63) is 46.5 Å². The van der Waals surface area contributed by atoms with Crippen LogP contribution in [0.1, 0.15) is 24.2 Å². The summed E-state index contributed by atoms with van der Waals surface area (Å²) in [5.41, 5.74) is 1.61. The fraction of sp³-hybridized carbons (Fsp3) is 0.438. The molecule has 2 aromatic rings. The van der Waals surface area contributed by atoms with Gasteiger partial charge in [-0.15, -0.1) is 0 Å². The number of hydrogen-bond donors (Lipinski definition) is 2. The second-order valence-electron chi connectivity index (χ2n) is 5.87. The largest absolute Gasteiger partial charge is 0.356 e. The van der Waals surface area contributed by atoms with Crippen molar-refractivity contribution in [1.29, 1.82) is 0 Å². The molecular weight excluding hydrogens is 356 g/mol. The molecule has 0 spiro atoms.